The van der Waals surface area contributed by atoms with Crippen LogP contribution in [0.5, 0.6) is 0 Å². The molecule has 2 aromatic rings. The van der Waals surface area contributed by atoms with E-state index in [4.69, 9.17) is 11.6 Å². The number of likely N-dealkylation sites (tertiary alicyclic amines) is 1. The Kier molecular flexibility index (Phi) is 4.16. The Morgan fingerprint density at radius 2 is 2.32 bits per heavy atom. The second kappa shape index (κ2) is 6.08. The molecule has 116 valence electrons. The molecule has 0 radical (unpaired) electrons. The van der Waals surface area contributed by atoms with E-state index in [1.807, 2.05) is 22.7 Å². The molecule has 1 aliphatic rings. The Balaban J connectivity index is 1.78. The van der Waals surface area contributed by atoms with E-state index in [-0.39, 0.29) is 17.0 Å². The molecule has 0 bridgehead atoms. The molecule has 0 N–H and O–H groups in total. The summed E-state index contributed by atoms with van der Waals surface area (Å²) in [4.78, 5) is 14.5. The first-order valence-corrected chi connectivity index (χ1v) is 7.67. The molecule has 0 saturated carbocycles. The Labute approximate surface area is 133 Å². The van der Waals surface area contributed by atoms with Gasteiger partial charge in [-0.3, -0.25) is 9.48 Å². The number of benzene rings is 1. The molecule has 1 aromatic carbocycles. The number of carbonyl (C=O) groups excluding carboxylic acids is 1. The minimum atomic E-state index is -0.438. The van der Waals surface area contributed by atoms with Crippen molar-refractivity contribution in [2.45, 2.75) is 32.4 Å². The van der Waals surface area contributed by atoms with Gasteiger partial charge in [0.1, 0.15) is 5.82 Å². The van der Waals surface area contributed by atoms with Gasteiger partial charge in [0.15, 0.2) is 0 Å². The number of halogens is 2. The number of amides is 1. The largest absolute Gasteiger partial charge is 0.334 e. The van der Waals surface area contributed by atoms with Gasteiger partial charge in [0.05, 0.1) is 29.4 Å². The third kappa shape index (κ3) is 2.99. The standard InChI is InChI=1S/C16H17ClFN3O/c1-11-8-19-20(9-11)10-13-3-2-6-21(13)16(22)14-5-4-12(18)7-15(14)17/h4-5,7-9,13H,2-3,6,10H2,1H3/t13-/m1/s1. The van der Waals surface area contributed by atoms with Crippen molar-refractivity contribution in [1.82, 2.24) is 14.7 Å². The number of hydrogen-bond acceptors (Lipinski definition) is 2. The Bertz CT molecular complexity index is 700. The highest BCUT2D eigenvalue weighted by Crippen LogP contribution is 2.25. The maximum atomic E-state index is 13.1. The van der Waals surface area contributed by atoms with Crippen molar-refractivity contribution in [3.05, 3.63) is 52.6 Å². The lowest BCUT2D eigenvalue weighted by Crippen LogP contribution is -2.38. The summed E-state index contributed by atoms with van der Waals surface area (Å²) in [6.07, 6.45) is 5.66. The van der Waals surface area contributed by atoms with Crippen molar-refractivity contribution < 1.29 is 9.18 Å². The second-order valence-corrected chi connectivity index (χ2v) is 6.07. The van der Waals surface area contributed by atoms with Gasteiger partial charge in [-0.25, -0.2) is 4.39 Å². The molecule has 2 heterocycles. The highest BCUT2D eigenvalue weighted by atomic mass is 35.5. The van der Waals surface area contributed by atoms with Crippen molar-refractivity contribution >= 4 is 17.5 Å². The molecule has 6 heteroatoms. The van der Waals surface area contributed by atoms with Crippen LogP contribution in [0.15, 0.2) is 30.6 Å². The predicted octanol–water partition coefficient (Wildman–Crippen LogP) is 3.29. The van der Waals surface area contributed by atoms with Crippen molar-refractivity contribution in [3.63, 3.8) is 0 Å². The molecule has 0 aliphatic carbocycles. The summed E-state index contributed by atoms with van der Waals surface area (Å²) in [6, 6.07) is 3.98. The fourth-order valence-corrected chi connectivity index (χ4v) is 3.14. The lowest BCUT2D eigenvalue weighted by molar-refractivity contribution is 0.0722. The number of rotatable bonds is 3. The summed E-state index contributed by atoms with van der Waals surface area (Å²) < 4.78 is 15.0. The smallest absolute Gasteiger partial charge is 0.255 e. The van der Waals surface area contributed by atoms with Crippen molar-refractivity contribution in [2.75, 3.05) is 6.54 Å². The summed E-state index contributed by atoms with van der Waals surface area (Å²) in [6.45, 7) is 3.34. The molecule has 0 unspecified atom stereocenters. The lowest BCUT2D eigenvalue weighted by Gasteiger charge is -2.25. The zero-order valence-corrected chi connectivity index (χ0v) is 13.1. The van der Waals surface area contributed by atoms with Crippen molar-refractivity contribution in [2.24, 2.45) is 0 Å². The highest BCUT2D eigenvalue weighted by molar-refractivity contribution is 6.33. The van der Waals surface area contributed by atoms with E-state index in [9.17, 15) is 9.18 Å². The third-order valence-electron chi connectivity index (χ3n) is 3.96. The van der Waals surface area contributed by atoms with Crippen LogP contribution in [0.1, 0.15) is 28.8 Å². The topological polar surface area (TPSA) is 38.1 Å². The molecular weight excluding hydrogens is 305 g/mol. The van der Waals surface area contributed by atoms with Gasteiger partial charge in [-0.2, -0.15) is 5.10 Å². The fraction of sp³-hybridized carbons (Fsp3) is 0.375. The molecule has 4 nitrogen and oxygen atoms in total. The van der Waals surface area contributed by atoms with E-state index >= 15 is 0 Å². The Hall–Kier alpha value is -1.88. The Morgan fingerprint density at radius 3 is 3.00 bits per heavy atom. The van der Waals surface area contributed by atoms with Crippen LogP contribution in [0.3, 0.4) is 0 Å². The van der Waals surface area contributed by atoms with E-state index in [1.54, 1.807) is 6.20 Å². The number of carbonyl (C=O) groups is 1. The number of aryl methyl sites for hydroxylation is 1. The van der Waals surface area contributed by atoms with Gasteiger partial charge in [-0.05, 0) is 43.5 Å². The monoisotopic (exact) mass is 321 g/mol. The molecule has 0 spiro atoms. The molecule has 1 amide bonds. The fourth-order valence-electron chi connectivity index (χ4n) is 2.89. The average molecular weight is 322 g/mol. The van der Waals surface area contributed by atoms with E-state index in [0.29, 0.717) is 18.7 Å². The van der Waals surface area contributed by atoms with Gasteiger partial charge in [-0.15, -0.1) is 0 Å². The SMILES string of the molecule is Cc1cnn(C[C@H]2CCCN2C(=O)c2ccc(F)cc2Cl)c1. The van der Waals surface area contributed by atoms with E-state index < -0.39 is 5.82 Å². The van der Waals surface area contributed by atoms with Crippen LogP contribution >= 0.6 is 11.6 Å². The van der Waals surface area contributed by atoms with Crippen LogP contribution in [0.2, 0.25) is 5.02 Å². The first-order chi connectivity index (χ1) is 10.5. The van der Waals surface area contributed by atoms with Gasteiger partial charge in [0, 0.05) is 12.7 Å². The van der Waals surface area contributed by atoms with Crippen molar-refractivity contribution in [1.29, 1.82) is 0 Å². The molecule has 3 rings (SSSR count). The first-order valence-electron chi connectivity index (χ1n) is 7.29. The summed E-state index contributed by atoms with van der Waals surface area (Å²) in [5.74, 6) is -0.581. The molecular formula is C16H17ClFN3O. The zero-order chi connectivity index (χ0) is 15.7. The molecule has 1 atom stereocenters. The lowest BCUT2D eigenvalue weighted by atomic mass is 10.1. The van der Waals surface area contributed by atoms with Crippen LogP contribution in [-0.2, 0) is 6.54 Å². The molecule has 1 fully saturated rings. The molecule has 1 aromatic heterocycles. The van der Waals surface area contributed by atoms with Gasteiger partial charge < -0.3 is 4.90 Å². The highest BCUT2D eigenvalue weighted by Gasteiger charge is 2.30. The van der Waals surface area contributed by atoms with Gasteiger partial charge in [0.25, 0.3) is 5.91 Å². The quantitative estimate of drug-likeness (QED) is 0.870. The van der Waals surface area contributed by atoms with Gasteiger partial charge in [0.2, 0.25) is 0 Å². The molecule has 1 aliphatic heterocycles. The summed E-state index contributed by atoms with van der Waals surface area (Å²) >= 11 is 6.01. The van der Waals surface area contributed by atoms with E-state index in [0.717, 1.165) is 18.4 Å². The normalized spacial score (nSPS) is 18.0. The third-order valence-corrected chi connectivity index (χ3v) is 4.27. The number of nitrogens with zero attached hydrogens (tertiary/aromatic N) is 3. The minimum absolute atomic E-state index is 0.0907. The average Bonchev–Trinajstić information content (AvgIpc) is 3.08. The van der Waals surface area contributed by atoms with Gasteiger partial charge >= 0.3 is 0 Å². The van der Waals surface area contributed by atoms with Crippen LogP contribution in [0.25, 0.3) is 0 Å². The van der Waals surface area contributed by atoms with Crippen LogP contribution in [0, 0.1) is 12.7 Å². The second-order valence-electron chi connectivity index (χ2n) is 5.66. The summed E-state index contributed by atoms with van der Waals surface area (Å²) in [5.41, 5.74) is 1.45. The maximum Gasteiger partial charge on any atom is 0.255 e. The Morgan fingerprint density at radius 1 is 1.50 bits per heavy atom. The van der Waals surface area contributed by atoms with Crippen LogP contribution in [0.4, 0.5) is 4.39 Å². The summed E-state index contributed by atoms with van der Waals surface area (Å²) in [7, 11) is 0. The zero-order valence-electron chi connectivity index (χ0n) is 12.3. The number of hydrogen-bond donors (Lipinski definition) is 0. The minimum Gasteiger partial charge on any atom is -0.334 e. The summed E-state index contributed by atoms with van der Waals surface area (Å²) in [5, 5.41) is 4.44. The van der Waals surface area contributed by atoms with E-state index in [1.165, 1.54) is 18.2 Å². The van der Waals surface area contributed by atoms with Gasteiger partial charge in [-0.1, -0.05) is 11.6 Å². The van der Waals surface area contributed by atoms with E-state index in [2.05, 4.69) is 5.10 Å². The van der Waals surface area contributed by atoms with Crippen LogP contribution < -0.4 is 0 Å². The van der Waals surface area contributed by atoms with Crippen molar-refractivity contribution in [3.8, 4) is 0 Å². The number of aromatic nitrogens is 2. The maximum absolute atomic E-state index is 13.1. The first kappa shape index (κ1) is 15.0. The molecule has 22 heavy (non-hydrogen) atoms. The van der Waals surface area contributed by atoms with Crippen LogP contribution in [-0.4, -0.2) is 33.2 Å². The molecule has 1 saturated heterocycles. The predicted molar refractivity (Wildman–Crippen MR) is 82.4 cm³/mol.